The maximum absolute atomic E-state index is 12.0. The van der Waals surface area contributed by atoms with Gasteiger partial charge >= 0.3 is 5.76 Å². The summed E-state index contributed by atoms with van der Waals surface area (Å²) in [7, 11) is -3.20. The molecule has 1 aliphatic rings. The van der Waals surface area contributed by atoms with E-state index in [9.17, 15) is 13.2 Å². The number of nitrogens with zero attached hydrogens (tertiary/aromatic N) is 1. The molecule has 1 fully saturated rings. The number of nitrogens with one attached hydrogen (secondary N) is 2. The molecule has 1 aromatic heterocycles. The maximum Gasteiger partial charge on any atom is 0.419 e. The number of fused-ring (bicyclic) bond motifs is 1. The molecule has 0 unspecified atom stereocenters. The van der Waals surface area contributed by atoms with Crippen molar-refractivity contribution in [2.75, 3.05) is 11.9 Å². The van der Waals surface area contributed by atoms with Crippen LogP contribution in [0.3, 0.4) is 0 Å². The smallest absolute Gasteiger partial charge is 0.408 e. The van der Waals surface area contributed by atoms with Gasteiger partial charge in [0.15, 0.2) is 5.58 Å². The highest BCUT2D eigenvalue weighted by Crippen LogP contribution is 2.26. The summed E-state index contributed by atoms with van der Waals surface area (Å²) in [5.41, 5.74) is 2.37. The summed E-state index contributed by atoms with van der Waals surface area (Å²) in [4.78, 5) is 11.9. The zero-order chi connectivity index (χ0) is 20.3. The first-order valence-electron chi connectivity index (χ1n) is 10.2. The minimum atomic E-state index is -3.20. The standard InChI is InChI=1S/C20H31N3O4S/c1-4-11-23-18-10-9-17(12-19(18)27-20(23)24)21-13-15-5-7-16(8-6-15)22-28(25,26)14(2)3/h9-10,12,14-16,21-22H,4-8,11,13H2,1-3H3. The van der Waals surface area contributed by atoms with Crippen LogP contribution in [0.1, 0.15) is 52.9 Å². The highest BCUT2D eigenvalue weighted by molar-refractivity contribution is 7.90. The Hall–Kier alpha value is -1.80. The van der Waals surface area contributed by atoms with Crippen molar-refractivity contribution in [3.63, 3.8) is 0 Å². The lowest BCUT2D eigenvalue weighted by atomic mass is 9.86. The number of sulfonamides is 1. The van der Waals surface area contributed by atoms with Crippen LogP contribution in [0, 0.1) is 5.92 Å². The van der Waals surface area contributed by atoms with Gasteiger partial charge in [-0.1, -0.05) is 6.92 Å². The first kappa shape index (κ1) is 20.9. The number of benzene rings is 1. The predicted molar refractivity (Wildman–Crippen MR) is 112 cm³/mol. The second-order valence-corrected chi connectivity index (χ2v) is 10.3. The van der Waals surface area contributed by atoms with Crippen LogP contribution in [0.5, 0.6) is 0 Å². The topological polar surface area (TPSA) is 93.3 Å². The Balaban J connectivity index is 1.53. The number of aromatic nitrogens is 1. The molecular formula is C20H31N3O4S. The van der Waals surface area contributed by atoms with Gasteiger partial charge in [0.2, 0.25) is 10.0 Å². The average molecular weight is 410 g/mol. The summed E-state index contributed by atoms with van der Waals surface area (Å²) in [5, 5.41) is 3.04. The van der Waals surface area contributed by atoms with Crippen molar-refractivity contribution < 1.29 is 12.8 Å². The van der Waals surface area contributed by atoms with Gasteiger partial charge in [-0.3, -0.25) is 4.57 Å². The summed E-state index contributed by atoms with van der Waals surface area (Å²) in [6.07, 6.45) is 4.59. The number of anilines is 1. The van der Waals surface area contributed by atoms with E-state index in [1.165, 1.54) is 0 Å². The summed E-state index contributed by atoms with van der Waals surface area (Å²) < 4.78 is 33.9. The van der Waals surface area contributed by atoms with Gasteiger partial charge < -0.3 is 9.73 Å². The molecule has 1 heterocycles. The van der Waals surface area contributed by atoms with Crippen molar-refractivity contribution in [1.82, 2.24) is 9.29 Å². The number of oxazole rings is 1. The fraction of sp³-hybridized carbons (Fsp3) is 0.650. The number of hydrogen-bond acceptors (Lipinski definition) is 5. The highest BCUT2D eigenvalue weighted by Gasteiger charge is 2.26. The van der Waals surface area contributed by atoms with E-state index in [0.717, 1.165) is 49.9 Å². The van der Waals surface area contributed by atoms with Crippen molar-refractivity contribution in [1.29, 1.82) is 0 Å². The molecule has 7 nitrogen and oxygen atoms in total. The molecule has 0 radical (unpaired) electrons. The van der Waals surface area contributed by atoms with E-state index >= 15 is 0 Å². The Kier molecular flexibility index (Phi) is 6.50. The van der Waals surface area contributed by atoms with Crippen LogP contribution in [-0.2, 0) is 16.6 Å². The normalized spacial score (nSPS) is 20.7. The molecule has 8 heteroatoms. The van der Waals surface area contributed by atoms with Crippen LogP contribution in [0.4, 0.5) is 5.69 Å². The van der Waals surface area contributed by atoms with Gasteiger partial charge in [-0.05, 0) is 64.0 Å². The van der Waals surface area contributed by atoms with Gasteiger partial charge in [-0.25, -0.2) is 17.9 Å². The minimum absolute atomic E-state index is 0.0487. The third kappa shape index (κ3) is 4.78. The van der Waals surface area contributed by atoms with Crippen LogP contribution >= 0.6 is 0 Å². The molecule has 156 valence electrons. The summed E-state index contributed by atoms with van der Waals surface area (Å²) in [6.45, 7) is 6.92. The Labute approximate surface area is 166 Å². The van der Waals surface area contributed by atoms with Crippen molar-refractivity contribution >= 4 is 26.8 Å². The first-order valence-corrected chi connectivity index (χ1v) is 11.7. The molecular weight excluding hydrogens is 378 g/mol. The second-order valence-electron chi connectivity index (χ2n) is 8.01. The number of hydrogen-bond donors (Lipinski definition) is 2. The predicted octanol–water partition coefficient (Wildman–Crippen LogP) is 3.30. The van der Waals surface area contributed by atoms with Crippen LogP contribution in [0.15, 0.2) is 27.4 Å². The fourth-order valence-electron chi connectivity index (χ4n) is 3.73. The third-order valence-electron chi connectivity index (χ3n) is 5.51. The van der Waals surface area contributed by atoms with E-state index in [1.807, 2.05) is 25.1 Å². The third-order valence-corrected chi connectivity index (χ3v) is 7.41. The Morgan fingerprint density at radius 3 is 2.57 bits per heavy atom. The van der Waals surface area contributed by atoms with Gasteiger partial charge in [0.1, 0.15) is 0 Å². The van der Waals surface area contributed by atoms with E-state index in [1.54, 1.807) is 18.4 Å². The minimum Gasteiger partial charge on any atom is -0.408 e. The molecule has 2 N–H and O–H groups in total. The quantitative estimate of drug-likeness (QED) is 0.698. The highest BCUT2D eigenvalue weighted by atomic mass is 32.2. The summed E-state index contributed by atoms with van der Waals surface area (Å²) >= 11 is 0. The fourth-order valence-corrected chi connectivity index (χ4v) is 4.70. The summed E-state index contributed by atoms with van der Waals surface area (Å²) in [5.74, 6) is 0.198. The van der Waals surface area contributed by atoms with E-state index in [2.05, 4.69) is 10.0 Å². The largest absolute Gasteiger partial charge is 0.419 e. The number of aryl methyl sites for hydroxylation is 1. The van der Waals surface area contributed by atoms with Gasteiger partial charge in [-0.15, -0.1) is 0 Å². The SMILES string of the molecule is CCCn1c(=O)oc2cc(NCC3CCC(NS(=O)(=O)C(C)C)CC3)ccc21. The Bertz CT molecular complexity index is 953. The molecule has 0 saturated heterocycles. The second kappa shape index (κ2) is 8.69. The van der Waals surface area contributed by atoms with Crippen molar-refractivity contribution in [2.24, 2.45) is 5.92 Å². The summed E-state index contributed by atoms with van der Waals surface area (Å²) in [6, 6.07) is 5.83. The van der Waals surface area contributed by atoms with Crippen molar-refractivity contribution in [2.45, 2.75) is 70.7 Å². The number of rotatable bonds is 8. The molecule has 0 spiro atoms. The molecule has 28 heavy (non-hydrogen) atoms. The van der Waals surface area contributed by atoms with Gasteiger partial charge in [0.05, 0.1) is 10.8 Å². The first-order chi connectivity index (χ1) is 13.3. The molecule has 0 amide bonds. The molecule has 1 aromatic carbocycles. The van der Waals surface area contributed by atoms with Gasteiger partial charge in [0, 0.05) is 30.9 Å². The molecule has 0 aliphatic heterocycles. The van der Waals surface area contributed by atoms with E-state index in [0.29, 0.717) is 18.0 Å². The van der Waals surface area contributed by atoms with Gasteiger partial charge in [-0.2, -0.15) is 0 Å². The molecule has 1 aliphatic carbocycles. The molecule has 0 bridgehead atoms. The molecule has 1 saturated carbocycles. The molecule has 0 atom stereocenters. The van der Waals surface area contributed by atoms with E-state index in [-0.39, 0.29) is 11.8 Å². The Morgan fingerprint density at radius 1 is 1.21 bits per heavy atom. The average Bonchev–Trinajstić information content (AvgIpc) is 2.96. The van der Waals surface area contributed by atoms with Crippen molar-refractivity contribution in [3.05, 3.63) is 28.7 Å². The molecule has 3 rings (SSSR count). The lowest BCUT2D eigenvalue weighted by molar-refractivity contribution is 0.323. The van der Waals surface area contributed by atoms with Gasteiger partial charge in [0.25, 0.3) is 0 Å². The van der Waals surface area contributed by atoms with Crippen LogP contribution in [-0.4, -0.2) is 30.8 Å². The molecule has 2 aromatic rings. The zero-order valence-electron chi connectivity index (χ0n) is 16.9. The monoisotopic (exact) mass is 409 g/mol. The van der Waals surface area contributed by atoms with Crippen molar-refractivity contribution in [3.8, 4) is 0 Å². The maximum atomic E-state index is 12.0. The van der Waals surface area contributed by atoms with E-state index in [4.69, 9.17) is 4.42 Å². The van der Waals surface area contributed by atoms with Crippen LogP contribution < -0.4 is 15.8 Å². The lowest BCUT2D eigenvalue weighted by Crippen LogP contribution is -2.41. The lowest BCUT2D eigenvalue weighted by Gasteiger charge is -2.29. The van der Waals surface area contributed by atoms with E-state index < -0.39 is 15.3 Å². The zero-order valence-corrected chi connectivity index (χ0v) is 17.7. The van der Waals surface area contributed by atoms with Crippen LogP contribution in [0.2, 0.25) is 0 Å². The van der Waals surface area contributed by atoms with Crippen LogP contribution in [0.25, 0.3) is 11.1 Å². The Morgan fingerprint density at radius 2 is 1.93 bits per heavy atom.